The van der Waals surface area contributed by atoms with Gasteiger partial charge in [0.15, 0.2) is 11.6 Å². The van der Waals surface area contributed by atoms with Crippen LogP contribution in [0.4, 0.5) is 17.6 Å². The minimum atomic E-state index is -4.87. The summed E-state index contributed by atoms with van der Waals surface area (Å²) in [6, 6.07) is 4.27. The third-order valence-electron chi connectivity index (χ3n) is 4.42. The summed E-state index contributed by atoms with van der Waals surface area (Å²) in [5.41, 5.74) is 0.635. The summed E-state index contributed by atoms with van der Waals surface area (Å²) in [7, 11) is 0. The maximum absolute atomic E-state index is 13.5. The molecule has 116 valence electrons. The summed E-state index contributed by atoms with van der Waals surface area (Å²) in [6.45, 7) is 0.993. The quantitative estimate of drug-likeness (QED) is 0.852. The lowest BCUT2D eigenvalue weighted by Gasteiger charge is -2.21. The molecule has 21 heavy (non-hydrogen) atoms. The van der Waals surface area contributed by atoms with Gasteiger partial charge in [-0.3, -0.25) is 0 Å². The SMILES string of the molecule is Fc1ccc(C2(C[C@@H]3CCCN3)CC2)cc1OC(F)(F)F. The second-order valence-electron chi connectivity index (χ2n) is 5.97. The van der Waals surface area contributed by atoms with E-state index in [1.807, 2.05) is 0 Å². The second-order valence-corrected chi connectivity index (χ2v) is 5.97. The van der Waals surface area contributed by atoms with E-state index in [1.54, 1.807) is 6.07 Å². The van der Waals surface area contributed by atoms with E-state index in [2.05, 4.69) is 10.1 Å². The number of hydrogen-bond acceptors (Lipinski definition) is 2. The van der Waals surface area contributed by atoms with Gasteiger partial charge in [-0.25, -0.2) is 4.39 Å². The first kappa shape index (κ1) is 14.6. The van der Waals surface area contributed by atoms with Crippen LogP contribution in [-0.2, 0) is 5.41 Å². The van der Waals surface area contributed by atoms with Crippen LogP contribution in [0.5, 0.6) is 5.75 Å². The molecule has 1 heterocycles. The van der Waals surface area contributed by atoms with Gasteiger partial charge >= 0.3 is 6.36 Å². The van der Waals surface area contributed by atoms with Crippen molar-refractivity contribution in [3.63, 3.8) is 0 Å². The Morgan fingerprint density at radius 3 is 2.62 bits per heavy atom. The molecular formula is C15H17F4NO. The molecule has 1 aliphatic carbocycles. The fourth-order valence-electron chi connectivity index (χ4n) is 3.20. The van der Waals surface area contributed by atoms with Gasteiger partial charge in [-0.15, -0.1) is 13.2 Å². The van der Waals surface area contributed by atoms with Gasteiger partial charge in [0.1, 0.15) is 0 Å². The average Bonchev–Trinajstić information content (AvgIpc) is 2.97. The van der Waals surface area contributed by atoms with Gasteiger partial charge in [0, 0.05) is 6.04 Å². The lowest BCUT2D eigenvalue weighted by atomic mass is 9.88. The molecule has 1 N–H and O–H groups in total. The summed E-state index contributed by atoms with van der Waals surface area (Å²) >= 11 is 0. The number of alkyl halides is 3. The predicted molar refractivity (Wildman–Crippen MR) is 69.6 cm³/mol. The Morgan fingerprint density at radius 2 is 2.05 bits per heavy atom. The number of halogens is 4. The molecule has 1 aliphatic heterocycles. The van der Waals surface area contributed by atoms with E-state index in [0.717, 1.165) is 50.3 Å². The summed E-state index contributed by atoms with van der Waals surface area (Å²) < 4.78 is 54.1. The summed E-state index contributed by atoms with van der Waals surface area (Å²) in [4.78, 5) is 0. The lowest BCUT2D eigenvalue weighted by molar-refractivity contribution is -0.275. The first-order valence-electron chi connectivity index (χ1n) is 7.17. The number of benzene rings is 1. The third-order valence-corrected chi connectivity index (χ3v) is 4.42. The standard InChI is InChI=1S/C15H17F4NO/c16-12-4-3-10(8-13(12)21-15(17,18)19)14(5-6-14)9-11-2-1-7-20-11/h3-4,8,11,20H,1-2,5-7,9H2/t11-/m0/s1. The van der Waals surface area contributed by atoms with Crippen molar-refractivity contribution in [2.45, 2.75) is 49.9 Å². The Hall–Kier alpha value is -1.30. The molecule has 0 amide bonds. The van der Waals surface area contributed by atoms with Crippen LogP contribution in [-0.4, -0.2) is 18.9 Å². The highest BCUT2D eigenvalue weighted by molar-refractivity contribution is 5.39. The van der Waals surface area contributed by atoms with Crippen LogP contribution in [0.1, 0.15) is 37.7 Å². The fourth-order valence-corrected chi connectivity index (χ4v) is 3.20. The molecule has 1 saturated carbocycles. The number of rotatable bonds is 4. The van der Waals surface area contributed by atoms with Gasteiger partial charge in [-0.05, 0) is 61.8 Å². The largest absolute Gasteiger partial charge is 0.573 e. The normalized spacial score (nSPS) is 24.1. The molecule has 1 aromatic rings. The summed E-state index contributed by atoms with van der Waals surface area (Å²) in [5, 5.41) is 3.40. The minimum absolute atomic E-state index is 0.112. The maximum atomic E-state index is 13.5. The van der Waals surface area contributed by atoms with Gasteiger partial charge < -0.3 is 10.1 Å². The van der Waals surface area contributed by atoms with Gasteiger partial charge in [-0.2, -0.15) is 0 Å². The Kier molecular flexibility index (Phi) is 3.59. The summed E-state index contributed by atoms with van der Waals surface area (Å²) in [6.07, 6.45) is 0.110. The van der Waals surface area contributed by atoms with Crippen LogP contribution in [0.3, 0.4) is 0 Å². The van der Waals surface area contributed by atoms with Crippen molar-refractivity contribution in [2.24, 2.45) is 0 Å². The van der Waals surface area contributed by atoms with E-state index in [0.29, 0.717) is 6.04 Å². The van der Waals surface area contributed by atoms with Crippen LogP contribution in [0.2, 0.25) is 0 Å². The maximum Gasteiger partial charge on any atom is 0.573 e. The molecule has 0 bridgehead atoms. The Morgan fingerprint density at radius 1 is 1.29 bits per heavy atom. The summed E-state index contributed by atoms with van der Waals surface area (Å²) in [5.74, 6) is -1.71. The van der Waals surface area contributed by atoms with Crippen LogP contribution in [0.15, 0.2) is 18.2 Å². The molecule has 0 aromatic heterocycles. The van der Waals surface area contributed by atoms with Gasteiger partial charge in [-0.1, -0.05) is 6.07 Å². The van der Waals surface area contributed by atoms with Gasteiger partial charge in [0.2, 0.25) is 0 Å². The van der Waals surface area contributed by atoms with Crippen molar-refractivity contribution in [2.75, 3.05) is 6.54 Å². The van der Waals surface area contributed by atoms with Crippen molar-refractivity contribution < 1.29 is 22.3 Å². The van der Waals surface area contributed by atoms with Crippen molar-refractivity contribution in [3.05, 3.63) is 29.6 Å². The Bertz CT molecular complexity index is 519. The molecular weight excluding hydrogens is 286 g/mol. The van der Waals surface area contributed by atoms with E-state index < -0.39 is 17.9 Å². The van der Waals surface area contributed by atoms with Crippen LogP contribution < -0.4 is 10.1 Å². The van der Waals surface area contributed by atoms with Crippen molar-refractivity contribution >= 4 is 0 Å². The molecule has 0 unspecified atom stereocenters. The van der Waals surface area contributed by atoms with E-state index in [4.69, 9.17) is 0 Å². The minimum Gasteiger partial charge on any atom is -0.403 e. The zero-order valence-electron chi connectivity index (χ0n) is 11.5. The molecule has 0 radical (unpaired) electrons. The Balaban J connectivity index is 1.80. The second kappa shape index (κ2) is 5.16. The van der Waals surface area contributed by atoms with Crippen molar-refractivity contribution in [1.82, 2.24) is 5.32 Å². The molecule has 1 atom stereocenters. The number of hydrogen-bond donors (Lipinski definition) is 1. The smallest absolute Gasteiger partial charge is 0.403 e. The van der Waals surface area contributed by atoms with E-state index >= 15 is 0 Å². The van der Waals surface area contributed by atoms with Crippen molar-refractivity contribution in [1.29, 1.82) is 0 Å². The fraction of sp³-hybridized carbons (Fsp3) is 0.600. The first-order chi connectivity index (χ1) is 9.88. The first-order valence-corrected chi connectivity index (χ1v) is 7.17. The van der Waals surface area contributed by atoms with E-state index in [9.17, 15) is 17.6 Å². The zero-order chi connectivity index (χ0) is 15.1. The lowest BCUT2D eigenvalue weighted by Crippen LogP contribution is -2.27. The topological polar surface area (TPSA) is 21.3 Å². The van der Waals surface area contributed by atoms with Crippen LogP contribution >= 0.6 is 0 Å². The molecule has 1 aromatic carbocycles. The Labute approximate surface area is 120 Å². The molecule has 2 nitrogen and oxygen atoms in total. The highest BCUT2D eigenvalue weighted by atomic mass is 19.4. The average molecular weight is 303 g/mol. The number of ether oxygens (including phenoxy) is 1. The van der Waals surface area contributed by atoms with Gasteiger partial charge in [0.05, 0.1) is 0 Å². The van der Waals surface area contributed by atoms with E-state index in [1.165, 1.54) is 6.07 Å². The highest BCUT2D eigenvalue weighted by Gasteiger charge is 2.46. The molecule has 2 fully saturated rings. The molecule has 0 spiro atoms. The zero-order valence-corrected chi connectivity index (χ0v) is 11.5. The molecule has 1 saturated heterocycles. The van der Waals surface area contributed by atoms with Crippen molar-refractivity contribution in [3.8, 4) is 5.75 Å². The molecule has 2 aliphatic rings. The van der Waals surface area contributed by atoms with Crippen LogP contribution in [0.25, 0.3) is 0 Å². The molecule has 6 heteroatoms. The van der Waals surface area contributed by atoms with Gasteiger partial charge in [0.25, 0.3) is 0 Å². The number of nitrogens with one attached hydrogen (secondary N) is 1. The monoisotopic (exact) mass is 303 g/mol. The molecule has 3 rings (SSSR count). The van der Waals surface area contributed by atoms with E-state index in [-0.39, 0.29) is 5.41 Å². The predicted octanol–water partition coefficient (Wildman–Crippen LogP) is 3.90. The third kappa shape index (κ3) is 3.31. The van der Waals surface area contributed by atoms with Crippen LogP contribution in [0, 0.1) is 5.82 Å². The highest BCUT2D eigenvalue weighted by Crippen LogP contribution is 2.53.